The molecule has 2 rings (SSSR count). The molecular weight excluding hydrogens is 246 g/mol. The second kappa shape index (κ2) is 5.39. The van der Waals surface area contributed by atoms with Crippen LogP contribution in [0.5, 0.6) is 0 Å². The minimum atomic E-state index is -1.13. The van der Waals surface area contributed by atoms with Crippen molar-refractivity contribution < 1.29 is 19.1 Å². The van der Waals surface area contributed by atoms with Crippen LogP contribution >= 0.6 is 0 Å². The Morgan fingerprint density at radius 3 is 2.53 bits per heavy atom. The fraction of sp³-hybridized carbons (Fsp3) is 0.143. The zero-order valence-electron chi connectivity index (χ0n) is 10.3. The molecule has 0 radical (unpaired) electrons. The molecule has 1 amide bonds. The number of carbonyl (C=O) groups excluding carboxylic acids is 1. The van der Waals surface area contributed by atoms with E-state index < -0.39 is 11.9 Å². The second-order valence-corrected chi connectivity index (χ2v) is 4.11. The second-order valence-electron chi connectivity index (χ2n) is 4.11. The maximum absolute atomic E-state index is 11.9. The lowest BCUT2D eigenvalue weighted by Crippen LogP contribution is -2.26. The van der Waals surface area contributed by atoms with Gasteiger partial charge < -0.3 is 14.8 Å². The molecule has 0 aliphatic rings. The molecule has 0 aliphatic heterocycles. The Labute approximate surface area is 109 Å². The van der Waals surface area contributed by atoms with Crippen molar-refractivity contribution in [1.29, 1.82) is 0 Å². The standard InChI is InChI=1S/C14H13NO4/c1-9(10-5-3-2-4-6-10)15-13(16)12-7-11(8-19-12)14(17)18/h2-9H,1H3,(H,15,16)(H,17,18). The van der Waals surface area contributed by atoms with Gasteiger partial charge in [0.2, 0.25) is 0 Å². The van der Waals surface area contributed by atoms with Crippen LogP contribution in [0.3, 0.4) is 0 Å². The lowest BCUT2D eigenvalue weighted by molar-refractivity contribution is 0.0695. The summed E-state index contributed by atoms with van der Waals surface area (Å²) in [5.74, 6) is -1.58. The average molecular weight is 259 g/mol. The molecule has 19 heavy (non-hydrogen) atoms. The lowest BCUT2D eigenvalue weighted by atomic mass is 10.1. The molecular formula is C14H13NO4. The molecule has 1 heterocycles. The van der Waals surface area contributed by atoms with Crippen molar-refractivity contribution in [2.75, 3.05) is 0 Å². The lowest BCUT2D eigenvalue weighted by Gasteiger charge is -2.12. The molecule has 1 aromatic heterocycles. The van der Waals surface area contributed by atoms with Crippen LogP contribution in [0.4, 0.5) is 0 Å². The minimum Gasteiger partial charge on any atom is -0.478 e. The van der Waals surface area contributed by atoms with Crippen molar-refractivity contribution in [3.8, 4) is 0 Å². The van der Waals surface area contributed by atoms with Gasteiger partial charge in [0.25, 0.3) is 5.91 Å². The molecule has 1 aromatic carbocycles. The number of hydrogen-bond acceptors (Lipinski definition) is 3. The summed E-state index contributed by atoms with van der Waals surface area (Å²) in [6.45, 7) is 1.84. The Bertz CT molecular complexity index is 589. The van der Waals surface area contributed by atoms with Gasteiger partial charge in [-0.3, -0.25) is 4.79 Å². The first-order valence-corrected chi connectivity index (χ1v) is 5.75. The number of carbonyl (C=O) groups is 2. The highest BCUT2D eigenvalue weighted by Gasteiger charge is 2.16. The Hall–Kier alpha value is -2.56. The Morgan fingerprint density at radius 1 is 1.26 bits per heavy atom. The van der Waals surface area contributed by atoms with Gasteiger partial charge in [-0.2, -0.15) is 0 Å². The van der Waals surface area contributed by atoms with Crippen LogP contribution in [-0.4, -0.2) is 17.0 Å². The van der Waals surface area contributed by atoms with Gasteiger partial charge >= 0.3 is 5.97 Å². The highest BCUT2D eigenvalue weighted by atomic mass is 16.4. The number of rotatable bonds is 4. The van der Waals surface area contributed by atoms with E-state index in [0.29, 0.717) is 0 Å². The van der Waals surface area contributed by atoms with Gasteiger partial charge in [-0.15, -0.1) is 0 Å². The summed E-state index contributed by atoms with van der Waals surface area (Å²) >= 11 is 0. The topological polar surface area (TPSA) is 79.5 Å². The van der Waals surface area contributed by atoms with Crippen molar-refractivity contribution in [2.24, 2.45) is 0 Å². The monoisotopic (exact) mass is 259 g/mol. The van der Waals surface area contributed by atoms with E-state index in [1.807, 2.05) is 37.3 Å². The number of carboxylic acid groups (broad SMARTS) is 1. The zero-order valence-corrected chi connectivity index (χ0v) is 10.3. The third-order valence-corrected chi connectivity index (χ3v) is 2.72. The minimum absolute atomic E-state index is 0.0137. The van der Waals surface area contributed by atoms with Crippen LogP contribution in [0.2, 0.25) is 0 Å². The van der Waals surface area contributed by atoms with E-state index in [2.05, 4.69) is 5.32 Å². The van der Waals surface area contributed by atoms with Gasteiger partial charge in [0.15, 0.2) is 5.76 Å². The smallest absolute Gasteiger partial charge is 0.338 e. The quantitative estimate of drug-likeness (QED) is 0.883. The van der Waals surface area contributed by atoms with E-state index >= 15 is 0 Å². The van der Waals surface area contributed by atoms with Crippen LogP contribution in [0.25, 0.3) is 0 Å². The third-order valence-electron chi connectivity index (χ3n) is 2.72. The van der Waals surface area contributed by atoms with Gasteiger partial charge in [-0.05, 0) is 12.5 Å². The highest BCUT2D eigenvalue weighted by molar-refractivity contribution is 5.95. The van der Waals surface area contributed by atoms with E-state index in [4.69, 9.17) is 9.52 Å². The van der Waals surface area contributed by atoms with Gasteiger partial charge in [-0.25, -0.2) is 4.79 Å². The Kier molecular flexibility index (Phi) is 3.66. The molecule has 0 bridgehead atoms. The van der Waals surface area contributed by atoms with E-state index in [9.17, 15) is 9.59 Å². The number of amides is 1. The fourth-order valence-electron chi connectivity index (χ4n) is 1.66. The Morgan fingerprint density at radius 2 is 1.95 bits per heavy atom. The number of hydrogen-bond donors (Lipinski definition) is 2. The molecule has 1 atom stereocenters. The van der Waals surface area contributed by atoms with Crippen LogP contribution in [-0.2, 0) is 0 Å². The Balaban J connectivity index is 2.06. The number of benzene rings is 1. The number of carboxylic acids is 1. The summed E-state index contributed by atoms with van der Waals surface area (Å²) in [4.78, 5) is 22.6. The van der Waals surface area contributed by atoms with E-state index in [-0.39, 0.29) is 17.4 Å². The summed E-state index contributed by atoms with van der Waals surface area (Å²) in [5, 5.41) is 11.5. The average Bonchev–Trinajstić information content (AvgIpc) is 2.89. The molecule has 5 heteroatoms. The van der Waals surface area contributed by atoms with E-state index in [1.54, 1.807) is 0 Å². The first-order valence-electron chi connectivity index (χ1n) is 5.75. The van der Waals surface area contributed by atoms with Crippen molar-refractivity contribution in [3.63, 3.8) is 0 Å². The first kappa shape index (κ1) is 12.9. The predicted octanol–water partition coefficient (Wildman–Crippen LogP) is 2.47. The van der Waals surface area contributed by atoms with Gasteiger partial charge in [0, 0.05) is 6.07 Å². The summed E-state index contributed by atoms with van der Waals surface area (Å²) in [6.07, 6.45) is 1.05. The molecule has 0 fully saturated rings. The molecule has 0 saturated heterocycles. The van der Waals surface area contributed by atoms with Crippen LogP contribution in [0, 0.1) is 0 Å². The van der Waals surface area contributed by atoms with Crippen LogP contribution < -0.4 is 5.32 Å². The molecule has 2 aromatic rings. The van der Waals surface area contributed by atoms with Crippen molar-refractivity contribution in [3.05, 3.63) is 59.5 Å². The molecule has 0 saturated carbocycles. The molecule has 1 unspecified atom stereocenters. The van der Waals surface area contributed by atoms with Crippen molar-refractivity contribution >= 4 is 11.9 Å². The maximum Gasteiger partial charge on any atom is 0.338 e. The maximum atomic E-state index is 11.9. The van der Waals surface area contributed by atoms with Gasteiger partial charge in [-0.1, -0.05) is 30.3 Å². The number of nitrogens with one attached hydrogen (secondary N) is 1. The zero-order chi connectivity index (χ0) is 13.8. The summed E-state index contributed by atoms with van der Waals surface area (Å²) in [5.41, 5.74) is 0.915. The third kappa shape index (κ3) is 3.01. The fourth-order valence-corrected chi connectivity index (χ4v) is 1.66. The normalized spacial score (nSPS) is 11.8. The molecule has 2 N–H and O–H groups in total. The largest absolute Gasteiger partial charge is 0.478 e. The van der Waals surface area contributed by atoms with Gasteiger partial charge in [0.1, 0.15) is 6.26 Å². The van der Waals surface area contributed by atoms with E-state index in [1.165, 1.54) is 6.07 Å². The molecule has 0 spiro atoms. The summed E-state index contributed by atoms with van der Waals surface area (Å²) in [6, 6.07) is 10.5. The first-order chi connectivity index (χ1) is 9.08. The predicted molar refractivity (Wildman–Crippen MR) is 68.0 cm³/mol. The molecule has 5 nitrogen and oxygen atoms in total. The molecule has 98 valence electrons. The summed E-state index contributed by atoms with van der Waals surface area (Å²) < 4.78 is 4.93. The van der Waals surface area contributed by atoms with Gasteiger partial charge in [0.05, 0.1) is 11.6 Å². The van der Waals surface area contributed by atoms with E-state index in [0.717, 1.165) is 11.8 Å². The van der Waals surface area contributed by atoms with Crippen molar-refractivity contribution in [1.82, 2.24) is 5.32 Å². The van der Waals surface area contributed by atoms with Crippen LogP contribution in [0.1, 0.15) is 39.4 Å². The summed E-state index contributed by atoms with van der Waals surface area (Å²) in [7, 11) is 0. The molecule has 0 aliphatic carbocycles. The number of aromatic carboxylic acids is 1. The number of furan rings is 1. The highest BCUT2D eigenvalue weighted by Crippen LogP contribution is 2.13. The van der Waals surface area contributed by atoms with Crippen LogP contribution in [0.15, 0.2) is 47.1 Å². The van der Waals surface area contributed by atoms with Crippen molar-refractivity contribution in [2.45, 2.75) is 13.0 Å². The SMILES string of the molecule is CC(NC(=O)c1cc(C(=O)O)co1)c1ccccc1.